The number of hydrogen-bond acceptors (Lipinski definition) is 3. The van der Waals surface area contributed by atoms with E-state index in [0.717, 1.165) is 6.42 Å². The van der Waals surface area contributed by atoms with E-state index in [0.29, 0.717) is 13.0 Å². The molecule has 0 atom stereocenters. The number of rotatable bonds is 8. The van der Waals surface area contributed by atoms with Crippen molar-refractivity contribution in [1.82, 2.24) is 0 Å². The first-order valence-electron chi connectivity index (χ1n) is 6.37. The van der Waals surface area contributed by atoms with Crippen molar-refractivity contribution in [3.8, 4) is 0 Å². The highest BCUT2D eigenvalue weighted by Gasteiger charge is 2.40. The summed E-state index contributed by atoms with van der Waals surface area (Å²) in [4.78, 5) is 0. The molecule has 5 heteroatoms. The van der Waals surface area contributed by atoms with E-state index < -0.39 is 22.6 Å². The van der Waals surface area contributed by atoms with Crippen LogP contribution < -0.4 is 0 Å². The maximum Gasteiger partial charge on any atom is 0.263 e. The normalized spacial score (nSPS) is 14.1. The van der Waals surface area contributed by atoms with Crippen LogP contribution in [0, 0.1) is 6.92 Å². The topological polar surface area (TPSA) is 27.7 Å². The van der Waals surface area contributed by atoms with E-state index in [1.54, 1.807) is 0 Å². The first-order valence-corrected chi connectivity index (χ1v) is 13.2. The fourth-order valence-electron chi connectivity index (χ4n) is 1.44. The van der Waals surface area contributed by atoms with Gasteiger partial charge in [-0.3, -0.25) is 0 Å². The lowest BCUT2D eigenvalue weighted by molar-refractivity contribution is -0.310. The molecule has 0 aliphatic carbocycles. The molecule has 0 unspecified atom stereocenters. The molecule has 0 amide bonds. The molecule has 0 N–H and O–H groups in total. The van der Waals surface area contributed by atoms with E-state index in [-0.39, 0.29) is 0 Å². The number of hydrogen-bond donors (Lipinski definition) is 0. The fourth-order valence-corrected chi connectivity index (χ4v) is 3.80. The third kappa shape index (κ3) is 8.10. The van der Waals surface area contributed by atoms with Gasteiger partial charge in [-0.05, 0) is 52.6 Å². The summed E-state index contributed by atoms with van der Waals surface area (Å²) < 4.78 is 18.1. The minimum atomic E-state index is -1.73. The van der Waals surface area contributed by atoms with Gasteiger partial charge in [-0.2, -0.15) is 0 Å². The predicted molar refractivity (Wildman–Crippen MR) is 77.8 cm³/mol. The second kappa shape index (κ2) is 6.47. The Morgan fingerprint density at radius 2 is 1.35 bits per heavy atom. The molecule has 0 aliphatic heterocycles. The van der Waals surface area contributed by atoms with Crippen molar-refractivity contribution in [2.45, 2.75) is 65.0 Å². The predicted octanol–water partition coefficient (Wildman–Crippen LogP) is 3.99. The summed E-state index contributed by atoms with van der Waals surface area (Å²) in [7, 11) is -3.46. The summed E-state index contributed by atoms with van der Waals surface area (Å²) in [5, 5.41) is 0. The zero-order valence-corrected chi connectivity index (χ0v) is 14.6. The Kier molecular flexibility index (Phi) is 6.59. The molecule has 0 saturated heterocycles. The molecular weight excluding hydrogens is 248 g/mol. The summed E-state index contributed by atoms with van der Waals surface area (Å²) >= 11 is 0. The van der Waals surface area contributed by atoms with Crippen LogP contribution in [0.4, 0.5) is 0 Å². The quantitative estimate of drug-likeness (QED) is 0.496. The van der Waals surface area contributed by atoms with Crippen LogP contribution in [-0.2, 0) is 13.6 Å². The summed E-state index contributed by atoms with van der Waals surface area (Å²) in [6, 6.07) is 0. The van der Waals surface area contributed by atoms with Crippen LogP contribution >= 0.6 is 0 Å². The van der Waals surface area contributed by atoms with E-state index in [9.17, 15) is 0 Å². The third-order valence-electron chi connectivity index (χ3n) is 1.76. The van der Waals surface area contributed by atoms with Gasteiger partial charge in [-0.15, -0.1) is 0 Å². The van der Waals surface area contributed by atoms with Gasteiger partial charge in [0.2, 0.25) is 0 Å². The van der Waals surface area contributed by atoms with E-state index in [2.05, 4.69) is 53.1 Å². The Morgan fingerprint density at radius 3 is 1.59 bits per heavy atom. The van der Waals surface area contributed by atoms with Crippen LogP contribution in [0.25, 0.3) is 0 Å². The molecule has 0 aromatic carbocycles. The summed E-state index contributed by atoms with van der Waals surface area (Å²) in [6.45, 7) is 19.5. The van der Waals surface area contributed by atoms with E-state index in [4.69, 9.17) is 13.6 Å². The summed E-state index contributed by atoms with van der Waals surface area (Å²) in [5.74, 6) is -0.926. The molecular formula is C12H29O3Si2. The van der Waals surface area contributed by atoms with Crippen molar-refractivity contribution >= 4 is 16.6 Å². The van der Waals surface area contributed by atoms with Gasteiger partial charge in [-0.25, -0.2) is 0 Å². The molecule has 3 nitrogen and oxygen atoms in total. The van der Waals surface area contributed by atoms with Crippen molar-refractivity contribution in [3.05, 3.63) is 6.92 Å². The Hall–Kier alpha value is 0.314. The smallest absolute Gasteiger partial charge is 0.263 e. The van der Waals surface area contributed by atoms with Crippen molar-refractivity contribution < 1.29 is 13.6 Å². The third-order valence-corrected chi connectivity index (χ3v) is 3.60. The Labute approximate surface area is 109 Å². The molecule has 0 rings (SSSR count). The van der Waals surface area contributed by atoms with Crippen LogP contribution in [0.2, 0.25) is 39.3 Å². The van der Waals surface area contributed by atoms with Crippen molar-refractivity contribution in [3.63, 3.8) is 0 Å². The lowest BCUT2D eigenvalue weighted by Gasteiger charge is -2.41. The van der Waals surface area contributed by atoms with Crippen LogP contribution in [0.15, 0.2) is 0 Å². The summed E-state index contributed by atoms with van der Waals surface area (Å²) in [6.07, 6.45) is 1.44. The van der Waals surface area contributed by atoms with Crippen LogP contribution in [0.3, 0.4) is 0 Å². The van der Waals surface area contributed by atoms with Gasteiger partial charge in [-0.1, -0.05) is 6.92 Å². The van der Waals surface area contributed by atoms with E-state index >= 15 is 0 Å². The van der Waals surface area contributed by atoms with Gasteiger partial charge in [0.05, 0.1) is 6.61 Å². The van der Waals surface area contributed by atoms with Crippen LogP contribution in [-0.4, -0.2) is 29.2 Å². The molecule has 0 aliphatic rings. The second-order valence-corrected chi connectivity index (χ2v) is 15.1. The van der Waals surface area contributed by atoms with Gasteiger partial charge < -0.3 is 13.6 Å². The maximum atomic E-state index is 6.12. The standard InChI is InChI=1S/C12H29O3Si2/c1-9-11-13-12(10-2,14-16(3,4)5)15-17(6,7)8/h2,9-11H2,1,3-8H3. The van der Waals surface area contributed by atoms with Crippen LogP contribution in [0.1, 0.15) is 19.8 Å². The molecule has 1 radical (unpaired) electrons. The minimum Gasteiger partial charge on any atom is -0.370 e. The Morgan fingerprint density at radius 1 is 0.941 bits per heavy atom. The summed E-state index contributed by atoms with van der Waals surface area (Å²) in [5.41, 5.74) is 0. The molecule has 0 aromatic heterocycles. The van der Waals surface area contributed by atoms with E-state index in [1.807, 2.05) is 0 Å². The van der Waals surface area contributed by atoms with E-state index in [1.165, 1.54) is 0 Å². The Bertz CT molecular complexity index is 203. The SMILES string of the molecule is [CH2]CC(OCCC)(O[Si](C)(C)C)O[Si](C)(C)C. The highest BCUT2D eigenvalue weighted by Crippen LogP contribution is 2.28. The van der Waals surface area contributed by atoms with Crippen molar-refractivity contribution in [2.75, 3.05) is 6.61 Å². The molecule has 0 fully saturated rings. The maximum absolute atomic E-state index is 6.12. The largest absolute Gasteiger partial charge is 0.370 e. The number of ether oxygens (including phenoxy) is 1. The highest BCUT2D eigenvalue weighted by atomic mass is 28.4. The zero-order chi connectivity index (χ0) is 13.7. The fraction of sp³-hybridized carbons (Fsp3) is 0.917. The lowest BCUT2D eigenvalue weighted by atomic mass is 10.4. The first kappa shape index (κ1) is 17.3. The van der Waals surface area contributed by atoms with Gasteiger partial charge in [0.15, 0.2) is 16.6 Å². The molecule has 0 bridgehead atoms. The average molecular weight is 278 g/mol. The second-order valence-electron chi connectivity index (χ2n) is 6.21. The highest BCUT2D eigenvalue weighted by molar-refractivity contribution is 6.70. The molecule has 0 saturated carbocycles. The van der Waals surface area contributed by atoms with Gasteiger partial charge in [0.25, 0.3) is 5.97 Å². The Balaban J connectivity index is 4.87. The monoisotopic (exact) mass is 277 g/mol. The lowest BCUT2D eigenvalue weighted by Crippen LogP contribution is -2.51. The first-order chi connectivity index (χ1) is 7.54. The molecule has 0 spiro atoms. The average Bonchev–Trinajstić information content (AvgIpc) is 2.09. The molecule has 0 aromatic rings. The molecule has 0 heterocycles. The molecule has 103 valence electrons. The van der Waals surface area contributed by atoms with Gasteiger partial charge >= 0.3 is 0 Å². The van der Waals surface area contributed by atoms with Crippen molar-refractivity contribution in [1.29, 1.82) is 0 Å². The van der Waals surface area contributed by atoms with Gasteiger partial charge in [0, 0.05) is 6.42 Å². The molecule has 17 heavy (non-hydrogen) atoms. The zero-order valence-electron chi connectivity index (χ0n) is 12.6. The van der Waals surface area contributed by atoms with Crippen molar-refractivity contribution in [2.24, 2.45) is 0 Å². The minimum absolute atomic E-state index is 0.488. The van der Waals surface area contributed by atoms with Crippen LogP contribution in [0.5, 0.6) is 0 Å². The van der Waals surface area contributed by atoms with Gasteiger partial charge in [0.1, 0.15) is 0 Å².